The number of hydrogen-bond donors (Lipinski definition) is 0. The minimum atomic E-state index is -0.0567. The van der Waals surface area contributed by atoms with Gasteiger partial charge in [-0.1, -0.05) is 35.5 Å². The van der Waals surface area contributed by atoms with Gasteiger partial charge in [0.15, 0.2) is 5.16 Å². The standard InChI is InChI=1S/C21H18ClN4OS/c1-14-18-7-8-19(27)26(17-9-11-23-12-10-17,20(18)25-21(24-14)28-2)13-15-3-5-16(22)6-4-15/h3-12H,13H2,1-2H3/q+1. The monoisotopic (exact) mass is 409 g/mol. The van der Waals surface area contributed by atoms with Crippen LogP contribution in [0.5, 0.6) is 0 Å². The Balaban J connectivity index is 2.01. The molecule has 2 aromatic heterocycles. The molecule has 0 spiro atoms. The second-order valence-electron chi connectivity index (χ2n) is 6.50. The number of amides is 1. The van der Waals surface area contributed by atoms with Gasteiger partial charge in [-0.2, -0.15) is 9.47 Å². The normalized spacial score (nSPS) is 18.2. The van der Waals surface area contributed by atoms with Crippen LogP contribution in [0, 0.1) is 6.92 Å². The van der Waals surface area contributed by atoms with Crippen molar-refractivity contribution in [2.24, 2.45) is 0 Å². The zero-order valence-electron chi connectivity index (χ0n) is 15.5. The summed E-state index contributed by atoms with van der Waals surface area (Å²) in [6.07, 6.45) is 8.77. The maximum atomic E-state index is 13.4. The van der Waals surface area contributed by atoms with Crippen LogP contribution in [-0.2, 0) is 11.3 Å². The van der Waals surface area contributed by atoms with Gasteiger partial charge in [0.25, 0.3) is 5.82 Å². The Morgan fingerprint density at radius 2 is 1.75 bits per heavy atom. The second kappa shape index (κ2) is 7.47. The number of pyridine rings is 1. The fraction of sp³-hybridized carbons (Fsp3) is 0.143. The predicted octanol–water partition coefficient (Wildman–Crippen LogP) is 4.95. The number of rotatable bonds is 4. The number of carbonyl (C=O) groups is 1. The highest BCUT2D eigenvalue weighted by atomic mass is 35.5. The lowest BCUT2D eigenvalue weighted by Gasteiger charge is -2.36. The lowest BCUT2D eigenvalue weighted by molar-refractivity contribution is -0.123. The van der Waals surface area contributed by atoms with Crippen molar-refractivity contribution in [3.8, 4) is 0 Å². The SMILES string of the molecule is CSc1nc(C)c2c(n1)[N+](Cc1ccc(Cl)cc1)(c1ccncc1)C(=O)C=C2. The number of benzene rings is 1. The summed E-state index contributed by atoms with van der Waals surface area (Å²) in [4.78, 5) is 26.9. The summed E-state index contributed by atoms with van der Waals surface area (Å²) in [5.74, 6) is 0.629. The Labute approximate surface area is 172 Å². The number of aromatic nitrogens is 3. The highest BCUT2D eigenvalue weighted by molar-refractivity contribution is 7.98. The molecule has 28 heavy (non-hydrogen) atoms. The predicted molar refractivity (Wildman–Crippen MR) is 113 cm³/mol. The van der Waals surface area contributed by atoms with Gasteiger partial charge in [0.2, 0.25) is 0 Å². The Morgan fingerprint density at radius 3 is 2.43 bits per heavy atom. The Hall–Kier alpha value is -2.54. The van der Waals surface area contributed by atoms with E-state index in [1.54, 1.807) is 18.5 Å². The van der Waals surface area contributed by atoms with Crippen molar-refractivity contribution in [2.75, 3.05) is 6.26 Å². The zero-order valence-corrected chi connectivity index (χ0v) is 17.0. The molecule has 1 amide bonds. The molecule has 0 saturated heterocycles. The van der Waals surface area contributed by atoms with Gasteiger partial charge in [-0.15, -0.1) is 0 Å². The summed E-state index contributed by atoms with van der Waals surface area (Å²) >= 11 is 7.53. The number of fused-ring (bicyclic) bond motifs is 1. The lowest BCUT2D eigenvalue weighted by atomic mass is 10.0. The number of carbonyl (C=O) groups excluding carboxylic acids is 1. The molecule has 7 heteroatoms. The third-order valence-electron chi connectivity index (χ3n) is 4.85. The van der Waals surface area contributed by atoms with Gasteiger partial charge < -0.3 is 0 Å². The molecule has 5 nitrogen and oxygen atoms in total. The van der Waals surface area contributed by atoms with Crippen LogP contribution in [-0.4, -0.2) is 27.1 Å². The fourth-order valence-corrected chi connectivity index (χ4v) is 3.99. The van der Waals surface area contributed by atoms with Crippen LogP contribution in [0.3, 0.4) is 0 Å². The Kier molecular flexibility index (Phi) is 5.02. The summed E-state index contributed by atoms with van der Waals surface area (Å²) in [5, 5.41) is 1.30. The summed E-state index contributed by atoms with van der Waals surface area (Å²) in [5.41, 5.74) is 3.53. The van der Waals surface area contributed by atoms with Gasteiger partial charge in [0.1, 0.15) is 12.2 Å². The molecule has 1 unspecified atom stereocenters. The van der Waals surface area contributed by atoms with Crippen molar-refractivity contribution in [3.63, 3.8) is 0 Å². The van der Waals surface area contributed by atoms with Crippen LogP contribution in [0.4, 0.5) is 11.5 Å². The van der Waals surface area contributed by atoms with E-state index in [0.717, 1.165) is 22.5 Å². The van der Waals surface area contributed by atoms with Gasteiger partial charge in [-0.05, 0) is 31.4 Å². The quantitative estimate of drug-likeness (QED) is 0.346. The van der Waals surface area contributed by atoms with E-state index in [-0.39, 0.29) is 10.4 Å². The van der Waals surface area contributed by atoms with Gasteiger partial charge in [0, 0.05) is 41.2 Å². The lowest BCUT2D eigenvalue weighted by Crippen LogP contribution is -2.50. The summed E-state index contributed by atoms with van der Waals surface area (Å²) in [6, 6.07) is 11.3. The van der Waals surface area contributed by atoms with Crippen molar-refractivity contribution >= 4 is 46.9 Å². The number of nitrogens with zero attached hydrogens (tertiary/aromatic N) is 4. The van der Waals surface area contributed by atoms with E-state index >= 15 is 0 Å². The van der Waals surface area contributed by atoms with Gasteiger partial charge in [-0.25, -0.2) is 9.78 Å². The minimum absolute atomic E-state index is 0.0487. The average molecular weight is 410 g/mol. The molecular weight excluding hydrogens is 392 g/mol. The minimum Gasteiger partial charge on any atom is -0.264 e. The van der Waals surface area contributed by atoms with E-state index < -0.39 is 0 Å². The van der Waals surface area contributed by atoms with Crippen LogP contribution in [0.15, 0.2) is 60.0 Å². The van der Waals surface area contributed by atoms with Crippen LogP contribution >= 0.6 is 23.4 Å². The number of quaternary nitrogens is 1. The molecule has 0 N–H and O–H groups in total. The number of hydrogen-bond acceptors (Lipinski definition) is 5. The van der Waals surface area contributed by atoms with Crippen molar-refractivity contribution in [1.82, 2.24) is 19.4 Å². The van der Waals surface area contributed by atoms with Crippen molar-refractivity contribution < 1.29 is 4.79 Å². The first kappa shape index (κ1) is 18.8. The van der Waals surface area contributed by atoms with E-state index in [1.165, 1.54) is 11.8 Å². The summed E-state index contributed by atoms with van der Waals surface area (Å²) in [7, 11) is 0. The molecule has 0 aliphatic carbocycles. The first-order chi connectivity index (χ1) is 13.5. The molecule has 3 aromatic rings. The van der Waals surface area contributed by atoms with E-state index in [1.807, 2.05) is 55.7 Å². The first-order valence-electron chi connectivity index (χ1n) is 8.73. The van der Waals surface area contributed by atoms with Crippen LogP contribution in [0.2, 0.25) is 5.02 Å². The molecular formula is C21H18ClN4OS+. The molecule has 1 aliphatic heterocycles. The Morgan fingerprint density at radius 1 is 1.04 bits per heavy atom. The maximum Gasteiger partial charge on any atom is 0.350 e. The van der Waals surface area contributed by atoms with Crippen molar-refractivity contribution in [1.29, 1.82) is 0 Å². The highest BCUT2D eigenvalue weighted by Gasteiger charge is 2.46. The molecule has 0 fully saturated rings. The number of thioether (sulfide) groups is 1. The first-order valence-corrected chi connectivity index (χ1v) is 10.3. The molecule has 140 valence electrons. The fourth-order valence-electron chi connectivity index (χ4n) is 3.46. The van der Waals surface area contributed by atoms with E-state index in [0.29, 0.717) is 22.5 Å². The molecule has 1 aromatic carbocycles. The smallest absolute Gasteiger partial charge is 0.264 e. The summed E-state index contributed by atoms with van der Waals surface area (Å²) < 4.78 is -0.0487. The van der Waals surface area contributed by atoms with Crippen LogP contribution < -0.4 is 4.48 Å². The molecule has 0 saturated carbocycles. The maximum absolute atomic E-state index is 13.4. The number of aryl methyl sites for hydroxylation is 1. The molecule has 4 rings (SSSR count). The third kappa shape index (κ3) is 3.13. The molecule has 1 atom stereocenters. The zero-order chi connectivity index (χ0) is 19.7. The third-order valence-corrected chi connectivity index (χ3v) is 5.64. The number of halogens is 1. The van der Waals surface area contributed by atoms with Gasteiger partial charge in [-0.3, -0.25) is 4.98 Å². The van der Waals surface area contributed by atoms with Crippen molar-refractivity contribution in [2.45, 2.75) is 18.6 Å². The molecule has 0 radical (unpaired) electrons. The van der Waals surface area contributed by atoms with E-state index in [4.69, 9.17) is 16.6 Å². The van der Waals surface area contributed by atoms with Crippen LogP contribution in [0.25, 0.3) is 6.08 Å². The molecule has 0 bridgehead atoms. The topological polar surface area (TPSA) is 55.7 Å². The van der Waals surface area contributed by atoms with E-state index in [9.17, 15) is 4.79 Å². The Bertz CT molecular complexity index is 1070. The van der Waals surface area contributed by atoms with Crippen LogP contribution in [0.1, 0.15) is 16.8 Å². The largest absolute Gasteiger partial charge is 0.350 e. The van der Waals surface area contributed by atoms with Gasteiger partial charge >= 0.3 is 5.91 Å². The highest BCUT2D eigenvalue weighted by Crippen LogP contribution is 2.42. The second-order valence-corrected chi connectivity index (χ2v) is 7.71. The van der Waals surface area contributed by atoms with E-state index in [2.05, 4.69) is 9.97 Å². The average Bonchev–Trinajstić information content (AvgIpc) is 2.72. The summed E-state index contributed by atoms with van der Waals surface area (Å²) in [6.45, 7) is 2.37. The molecule has 3 heterocycles. The van der Waals surface area contributed by atoms with Gasteiger partial charge in [0.05, 0.1) is 11.3 Å². The van der Waals surface area contributed by atoms with Crippen molar-refractivity contribution in [3.05, 3.63) is 76.7 Å². The molecule has 1 aliphatic rings.